The molecule has 0 radical (unpaired) electrons. The second-order valence-electron chi connectivity index (χ2n) is 2.35. The number of thiol groups is 1. The van der Waals surface area contributed by atoms with Crippen molar-refractivity contribution in [1.82, 2.24) is 4.31 Å². The van der Waals surface area contributed by atoms with E-state index in [2.05, 4.69) is 19.7 Å². The molecule has 0 atom stereocenters. The van der Waals surface area contributed by atoms with Gasteiger partial charge in [0.25, 0.3) is 0 Å². The van der Waals surface area contributed by atoms with Crippen LogP contribution in [0.1, 0.15) is 26.2 Å². The van der Waals surface area contributed by atoms with Crippen molar-refractivity contribution in [2.75, 3.05) is 13.7 Å². The molecule has 3 nitrogen and oxygen atoms in total. The molecule has 0 aliphatic heterocycles. The molecule has 0 heterocycles. The first-order valence-corrected chi connectivity index (χ1v) is 4.17. The lowest BCUT2D eigenvalue weighted by molar-refractivity contribution is 0.131. The van der Waals surface area contributed by atoms with Gasteiger partial charge in [0.2, 0.25) is 0 Å². The molecular formula is C7H15NO2S. The average Bonchev–Trinajstić information content (AvgIpc) is 1.97. The number of hydrogen-bond acceptors (Lipinski definition) is 3. The van der Waals surface area contributed by atoms with Gasteiger partial charge in [-0.15, -0.1) is 0 Å². The molecule has 0 bridgehead atoms. The highest BCUT2D eigenvalue weighted by Gasteiger charge is 2.03. The second kappa shape index (κ2) is 6.34. The molecule has 4 heteroatoms. The minimum absolute atomic E-state index is 0.385. The van der Waals surface area contributed by atoms with Gasteiger partial charge in [0.15, 0.2) is 0 Å². The Bertz CT molecular complexity index is 117. The van der Waals surface area contributed by atoms with Crippen LogP contribution in [0.4, 0.5) is 4.79 Å². The number of ether oxygens (including phenoxy) is 1. The molecule has 0 aliphatic carbocycles. The van der Waals surface area contributed by atoms with Crippen molar-refractivity contribution in [2.45, 2.75) is 26.2 Å². The lowest BCUT2D eigenvalue weighted by Gasteiger charge is -2.08. The summed E-state index contributed by atoms with van der Waals surface area (Å²) < 4.78 is 5.95. The van der Waals surface area contributed by atoms with Crippen molar-refractivity contribution in [3.05, 3.63) is 0 Å². The third kappa shape index (κ3) is 6.04. The van der Waals surface area contributed by atoms with Gasteiger partial charge >= 0.3 is 6.09 Å². The van der Waals surface area contributed by atoms with Crippen molar-refractivity contribution in [2.24, 2.45) is 0 Å². The van der Waals surface area contributed by atoms with Gasteiger partial charge in [-0.25, -0.2) is 4.79 Å². The standard InChI is InChI=1S/C7H15NO2S/c1-3-4-5-6-10-7(9)8(2)11/h11H,3-6H2,1-2H3. The summed E-state index contributed by atoms with van der Waals surface area (Å²) in [5.74, 6) is 0. The van der Waals surface area contributed by atoms with Crippen LogP contribution in [0, 0.1) is 0 Å². The molecule has 0 saturated heterocycles. The Morgan fingerprint density at radius 3 is 2.64 bits per heavy atom. The van der Waals surface area contributed by atoms with E-state index < -0.39 is 0 Å². The van der Waals surface area contributed by atoms with E-state index >= 15 is 0 Å². The number of unbranched alkanes of at least 4 members (excludes halogenated alkanes) is 2. The van der Waals surface area contributed by atoms with Gasteiger partial charge in [-0.2, -0.15) is 0 Å². The van der Waals surface area contributed by atoms with Gasteiger partial charge in [-0.05, 0) is 6.42 Å². The number of rotatable bonds is 4. The predicted octanol–water partition coefficient (Wildman–Crippen LogP) is 2.09. The van der Waals surface area contributed by atoms with Crippen LogP contribution in [0.2, 0.25) is 0 Å². The van der Waals surface area contributed by atoms with Crippen molar-refractivity contribution >= 4 is 18.9 Å². The second-order valence-corrected chi connectivity index (χ2v) is 2.95. The largest absolute Gasteiger partial charge is 0.449 e. The van der Waals surface area contributed by atoms with E-state index in [4.69, 9.17) is 4.74 Å². The van der Waals surface area contributed by atoms with E-state index in [9.17, 15) is 4.79 Å². The summed E-state index contributed by atoms with van der Waals surface area (Å²) in [5.41, 5.74) is 0. The molecule has 0 aromatic heterocycles. The van der Waals surface area contributed by atoms with Gasteiger partial charge in [0, 0.05) is 7.05 Å². The van der Waals surface area contributed by atoms with Crippen LogP contribution in [-0.4, -0.2) is 24.1 Å². The van der Waals surface area contributed by atoms with E-state index in [0.717, 1.165) is 23.6 Å². The van der Waals surface area contributed by atoms with Gasteiger partial charge in [0.05, 0.1) is 6.61 Å². The summed E-state index contributed by atoms with van der Waals surface area (Å²) in [6, 6.07) is 0. The number of carbonyl (C=O) groups excluding carboxylic acids is 1. The summed E-state index contributed by atoms with van der Waals surface area (Å²) in [6.45, 7) is 2.60. The third-order valence-electron chi connectivity index (χ3n) is 1.24. The normalized spacial score (nSPS) is 9.36. The molecular weight excluding hydrogens is 162 g/mol. The molecule has 11 heavy (non-hydrogen) atoms. The van der Waals surface area contributed by atoms with Crippen LogP contribution < -0.4 is 0 Å². The van der Waals surface area contributed by atoms with Crippen LogP contribution in [0.15, 0.2) is 0 Å². The zero-order chi connectivity index (χ0) is 8.69. The maximum Gasteiger partial charge on any atom is 0.419 e. The zero-order valence-corrected chi connectivity index (χ0v) is 7.93. The highest BCUT2D eigenvalue weighted by Crippen LogP contribution is 1.97. The van der Waals surface area contributed by atoms with Crippen LogP contribution in [0.3, 0.4) is 0 Å². The lowest BCUT2D eigenvalue weighted by Crippen LogP contribution is -2.18. The number of nitrogens with zero attached hydrogens (tertiary/aromatic N) is 1. The summed E-state index contributed by atoms with van der Waals surface area (Å²) in [4.78, 5) is 10.7. The molecule has 0 aromatic carbocycles. The van der Waals surface area contributed by atoms with Crippen LogP contribution in [0.25, 0.3) is 0 Å². The Hall–Kier alpha value is -0.380. The molecule has 0 aromatic rings. The van der Waals surface area contributed by atoms with Gasteiger partial charge < -0.3 is 4.74 Å². The molecule has 0 unspecified atom stereocenters. The number of hydrogen-bond donors (Lipinski definition) is 1. The highest BCUT2D eigenvalue weighted by molar-refractivity contribution is 7.78. The molecule has 0 spiro atoms. The lowest BCUT2D eigenvalue weighted by atomic mass is 10.3. The Kier molecular flexibility index (Phi) is 6.12. The minimum Gasteiger partial charge on any atom is -0.449 e. The van der Waals surface area contributed by atoms with Crippen molar-refractivity contribution in [3.8, 4) is 0 Å². The maximum atomic E-state index is 10.7. The van der Waals surface area contributed by atoms with E-state index in [-0.39, 0.29) is 6.09 Å². The monoisotopic (exact) mass is 177 g/mol. The molecule has 1 amide bonds. The topological polar surface area (TPSA) is 29.5 Å². The van der Waals surface area contributed by atoms with Gasteiger partial charge in [-0.1, -0.05) is 32.6 Å². The van der Waals surface area contributed by atoms with Crippen LogP contribution in [0.5, 0.6) is 0 Å². The van der Waals surface area contributed by atoms with Crippen LogP contribution in [-0.2, 0) is 4.74 Å². The van der Waals surface area contributed by atoms with E-state index in [1.165, 1.54) is 0 Å². The van der Waals surface area contributed by atoms with Crippen LogP contribution >= 0.6 is 12.8 Å². The van der Waals surface area contributed by atoms with E-state index in [1.807, 2.05) is 0 Å². The smallest absolute Gasteiger partial charge is 0.419 e. The summed E-state index contributed by atoms with van der Waals surface area (Å²) in [6.07, 6.45) is 2.78. The number of carbonyl (C=O) groups is 1. The number of amides is 1. The molecule has 0 fully saturated rings. The fourth-order valence-corrected chi connectivity index (χ4v) is 0.663. The van der Waals surface area contributed by atoms with Crippen molar-refractivity contribution in [1.29, 1.82) is 0 Å². The molecule has 0 saturated carbocycles. The third-order valence-corrected chi connectivity index (χ3v) is 1.40. The van der Waals surface area contributed by atoms with Gasteiger partial charge in [0.1, 0.15) is 0 Å². The molecule has 66 valence electrons. The van der Waals surface area contributed by atoms with E-state index in [1.54, 1.807) is 7.05 Å². The SMILES string of the molecule is CCCCCOC(=O)N(C)S. The van der Waals surface area contributed by atoms with Crippen molar-refractivity contribution in [3.63, 3.8) is 0 Å². The van der Waals surface area contributed by atoms with Crippen molar-refractivity contribution < 1.29 is 9.53 Å². The maximum absolute atomic E-state index is 10.7. The Balaban J connectivity index is 3.18. The predicted molar refractivity (Wildman–Crippen MR) is 47.6 cm³/mol. The first kappa shape index (κ1) is 10.6. The zero-order valence-electron chi connectivity index (χ0n) is 7.04. The quantitative estimate of drug-likeness (QED) is 0.526. The summed E-state index contributed by atoms with van der Waals surface area (Å²) in [5, 5.41) is 0. The molecule has 0 aliphatic rings. The fraction of sp³-hybridized carbons (Fsp3) is 0.857. The summed E-state index contributed by atoms with van der Waals surface area (Å²) >= 11 is 3.78. The first-order valence-electron chi connectivity index (χ1n) is 3.77. The van der Waals surface area contributed by atoms with Gasteiger partial charge in [-0.3, -0.25) is 4.31 Å². The summed E-state index contributed by atoms with van der Waals surface area (Å²) in [7, 11) is 1.55. The van der Waals surface area contributed by atoms with E-state index in [0.29, 0.717) is 6.61 Å². The Labute approximate surface area is 73.3 Å². The molecule has 0 N–H and O–H groups in total. The highest BCUT2D eigenvalue weighted by atomic mass is 32.1. The minimum atomic E-state index is -0.385. The Morgan fingerprint density at radius 1 is 1.55 bits per heavy atom. The molecule has 0 rings (SSSR count). The fourth-order valence-electron chi connectivity index (χ4n) is 0.605. The average molecular weight is 177 g/mol. The Morgan fingerprint density at radius 2 is 2.18 bits per heavy atom. The first-order chi connectivity index (χ1) is 5.18.